The quantitative estimate of drug-likeness (QED) is 0.931. The van der Waals surface area contributed by atoms with E-state index in [1.165, 1.54) is 12.0 Å². The molecule has 2 aromatic heterocycles. The number of piperidine rings is 1. The maximum atomic E-state index is 6.26. The van der Waals surface area contributed by atoms with Gasteiger partial charge in [0, 0.05) is 25.1 Å². The number of nitrogens with zero attached hydrogens (tertiary/aromatic N) is 3. The highest BCUT2D eigenvalue weighted by Crippen LogP contribution is 2.36. The second-order valence-corrected chi connectivity index (χ2v) is 7.05. The van der Waals surface area contributed by atoms with Gasteiger partial charge in [-0.25, -0.2) is 0 Å². The van der Waals surface area contributed by atoms with E-state index in [1.807, 2.05) is 31.4 Å². The third-order valence-electron chi connectivity index (χ3n) is 4.96. The minimum atomic E-state index is -0.0300. The summed E-state index contributed by atoms with van der Waals surface area (Å²) in [7, 11) is 0. The Balaban J connectivity index is 1.36. The molecule has 6 nitrogen and oxygen atoms in total. The number of nitrogens with one attached hydrogen (secondary N) is 1. The monoisotopic (exact) mass is 328 g/mol. The maximum absolute atomic E-state index is 6.26. The van der Waals surface area contributed by atoms with Crippen LogP contribution < -0.4 is 5.32 Å². The van der Waals surface area contributed by atoms with Gasteiger partial charge in [-0.15, -0.1) is 5.10 Å². The first-order valence-corrected chi connectivity index (χ1v) is 8.65. The fourth-order valence-electron chi connectivity index (χ4n) is 3.87. The van der Waals surface area contributed by atoms with E-state index in [9.17, 15) is 0 Å². The number of ether oxygens (including phenoxy) is 1. The molecule has 2 unspecified atom stereocenters. The van der Waals surface area contributed by atoms with E-state index in [4.69, 9.17) is 9.15 Å². The highest BCUT2D eigenvalue weighted by atomic mass is 16.5. The van der Waals surface area contributed by atoms with Gasteiger partial charge in [0.1, 0.15) is 5.82 Å². The summed E-state index contributed by atoms with van der Waals surface area (Å²) in [6.07, 6.45) is 6.90. The summed E-state index contributed by atoms with van der Waals surface area (Å²) in [5.74, 6) is 0.831. The molecular weight excluding hydrogens is 304 g/mol. The van der Waals surface area contributed by atoms with E-state index in [0.29, 0.717) is 6.04 Å². The Kier molecular flexibility index (Phi) is 4.24. The number of furan rings is 1. The van der Waals surface area contributed by atoms with Crippen molar-refractivity contribution < 1.29 is 9.15 Å². The van der Waals surface area contributed by atoms with E-state index < -0.39 is 0 Å². The Morgan fingerprint density at radius 3 is 3.08 bits per heavy atom. The van der Waals surface area contributed by atoms with Crippen LogP contribution in [0.1, 0.15) is 30.5 Å². The highest BCUT2D eigenvalue weighted by Gasteiger charge is 2.43. The molecule has 0 bridgehead atoms. The summed E-state index contributed by atoms with van der Waals surface area (Å²) in [4.78, 5) is 2.47. The van der Waals surface area contributed by atoms with E-state index in [-0.39, 0.29) is 5.60 Å². The maximum Gasteiger partial charge on any atom is 0.148 e. The largest absolute Gasteiger partial charge is 0.472 e. The summed E-state index contributed by atoms with van der Waals surface area (Å²) in [6.45, 7) is 5.72. The average Bonchev–Trinajstić information content (AvgIpc) is 3.21. The van der Waals surface area contributed by atoms with Crippen LogP contribution in [0.3, 0.4) is 0 Å². The Hall–Kier alpha value is -1.92. The van der Waals surface area contributed by atoms with Crippen molar-refractivity contribution in [2.45, 2.75) is 44.4 Å². The third-order valence-corrected chi connectivity index (χ3v) is 4.96. The van der Waals surface area contributed by atoms with Gasteiger partial charge in [-0.1, -0.05) is 0 Å². The lowest BCUT2D eigenvalue weighted by molar-refractivity contribution is -0.0533. The van der Waals surface area contributed by atoms with E-state index >= 15 is 0 Å². The van der Waals surface area contributed by atoms with Crippen molar-refractivity contribution in [1.29, 1.82) is 0 Å². The first-order valence-electron chi connectivity index (χ1n) is 8.65. The molecule has 2 fully saturated rings. The molecule has 2 aliphatic heterocycles. The molecule has 6 heteroatoms. The van der Waals surface area contributed by atoms with Crippen molar-refractivity contribution in [3.8, 4) is 0 Å². The number of hydrogen-bond acceptors (Lipinski definition) is 6. The van der Waals surface area contributed by atoms with Crippen LogP contribution in [0, 0.1) is 6.92 Å². The Morgan fingerprint density at radius 1 is 1.33 bits per heavy atom. The number of aromatic nitrogens is 2. The van der Waals surface area contributed by atoms with Gasteiger partial charge in [-0.2, -0.15) is 5.10 Å². The Morgan fingerprint density at radius 2 is 2.29 bits per heavy atom. The van der Waals surface area contributed by atoms with Crippen LogP contribution in [0.2, 0.25) is 0 Å². The smallest absolute Gasteiger partial charge is 0.148 e. The zero-order valence-corrected chi connectivity index (χ0v) is 14.1. The van der Waals surface area contributed by atoms with Gasteiger partial charge in [0.15, 0.2) is 0 Å². The lowest BCUT2D eigenvalue weighted by atomic mass is 9.88. The van der Waals surface area contributed by atoms with Crippen molar-refractivity contribution >= 4 is 5.82 Å². The van der Waals surface area contributed by atoms with Crippen LogP contribution in [0.4, 0.5) is 5.82 Å². The SMILES string of the molecule is Cc1ccc(NC2COC3(CCCN(Cc4ccoc4)C3)C2)nn1. The van der Waals surface area contributed by atoms with Gasteiger partial charge in [-0.05, 0) is 44.5 Å². The minimum Gasteiger partial charge on any atom is -0.472 e. The molecule has 0 radical (unpaired) electrons. The van der Waals surface area contributed by atoms with E-state index in [1.54, 1.807) is 6.26 Å². The fraction of sp³-hybridized carbons (Fsp3) is 0.556. The molecule has 24 heavy (non-hydrogen) atoms. The van der Waals surface area contributed by atoms with Gasteiger partial charge in [0.25, 0.3) is 0 Å². The third kappa shape index (κ3) is 3.44. The molecule has 4 rings (SSSR count). The summed E-state index contributed by atoms with van der Waals surface area (Å²) < 4.78 is 11.4. The standard InChI is InChI=1S/C18H24N4O2/c1-14-3-4-17(21-20-14)19-16-9-18(24-12-16)6-2-7-22(13-18)10-15-5-8-23-11-15/h3-5,8,11,16H,2,6-7,9-10,12-13H2,1H3,(H,19,21). The molecule has 2 aromatic rings. The van der Waals surface area contributed by atoms with Crippen molar-refractivity contribution in [3.63, 3.8) is 0 Å². The topological polar surface area (TPSA) is 63.4 Å². The van der Waals surface area contributed by atoms with Gasteiger partial charge < -0.3 is 14.5 Å². The fourth-order valence-corrected chi connectivity index (χ4v) is 3.87. The molecular formula is C18H24N4O2. The number of likely N-dealkylation sites (tertiary alicyclic amines) is 1. The molecule has 128 valence electrons. The van der Waals surface area contributed by atoms with Crippen LogP contribution in [0.15, 0.2) is 35.1 Å². The van der Waals surface area contributed by atoms with E-state index in [0.717, 1.165) is 50.6 Å². The average molecular weight is 328 g/mol. The molecule has 1 N–H and O–H groups in total. The van der Waals surface area contributed by atoms with Gasteiger partial charge in [0.05, 0.1) is 36.5 Å². The Labute approximate surface area is 142 Å². The Bertz CT molecular complexity index is 658. The summed E-state index contributed by atoms with van der Waals surface area (Å²) >= 11 is 0. The first-order chi connectivity index (χ1) is 11.7. The highest BCUT2D eigenvalue weighted by molar-refractivity contribution is 5.34. The predicted octanol–water partition coefficient (Wildman–Crippen LogP) is 2.61. The normalized spacial score (nSPS) is 27.6. The predicted molar refractivity (Wildman–Crippen MR) is 90.7 cm³/mol. The van der Waals surface area contributed by atoms with Gasteiger partial charge in [0.2, 0.25) is 0 Å². The van der Waals surface area contributed by atoms with Crippen LogP contribution in [0.25, 0.3) is 0 Å². The zero-order chi connectivity index (χ0) is 16.4. The van der Waals surface area contributed by atoms with E-state index in [2.05, 4.69) is 20.4 Å². The molecule has 2 saturated heterocycles. The summed E-state index contributed by atoms with van der Waals surface area (Å²) in [6, 6.07) is 6.31. The summed E-state index contributed by atoms with van der Waals surface area (Å²) in [5, 5.41) is 11.8. The number of aryl methyl sites for hydroxylation is 1. The number of anilines is 1. The zero-order valence-electron chi connectivity index (χ0n) is 14.1. The second kappa shape index (κ2) is 6.53. The minimum absolute atomic E-state index is 0.0300. The van der Waals surface area contributed by atoms with Gasteiger partial charge in [-0.3, -0.25) is 4.90 Å². The molecule has 2 aliphatic rings. The van der Waals surface area contributed by atoms with Gasteiger partial charge >= 0.3 is 0 Å². The molecule has 0 amide bonds. The molecule has 0 aliphatic carbocycles. The lowest BCUT2D eigenvalue weighted by Gasteiger charge is -2.39. The molecule has 2 atom stereocenters. The second-order valence-electron chi connectivity index (χ2n) is 7.05. The van der Waals surface area contributed by atoms with Crippen LogP contribution in [-0.4, -0.2) is 46.4 Å². The van der Waals surface area contributed by atoms with Crippen LogP contribution in [0.5, 0.6) is 0 Å². The number of hydrogen-bond donors (Lipinski definition) is 1. The van der Waals surface area contributed by atoms with Crippen LogP contribution >= 0.6 is 0 Å². The van der Waals surface area contributed by atoms with Crippen LogP contribution in [-0.2, 0) is 11.3 Å². The summed E-state index contributed by atoms with van der Waals surface area (Å²) in [5.41, 5.74) is 2.13. The molecule has 1 spiro atoms. The van der Waals surface area contributed by atoms with Crippen molar-refractivity contribution in [1.82, 2.24) is 15.1 Å². The molecule has 4 heterocycles. The molecule has 0 aromatic carbocycles. The molecule has 0 saturated carbocycles. The number of rotatable bonds is 4. The van der Waals surface area contributed by atoms with Crippen molar-refractivity contribution in [2.24, 2.45) is 0 Å². The van der Waals surface area contributed by atoms with Crippen molar-refractivity contribution in [3.05, 3.63) is 42.0 Å². The van der Waals surface area contributed by atoms with Crippen molar-refractivity contribution in [2.75, 3.05) is 25.0 Å². The first kappa shape index (κ1) is 15.6. The lowest BCUT2D eigenvalue weighted by Crippen LogP contribution is -2.47.